The zero-order chi connectivity index (χ0) is 9.14. The first-order valence-corrected chi connectivity index (χ1v) is 4.86. The first kappa shape index (κ1) is 9.54. The third kappa shape index (κ3) is 1.61. The molecule has 68 valence electrons. The molecule has 3 unspecified atom stereocenters. The maximum absolute atomic E-state index is 8.78. The molecule has 0 aromatic heterocycles. The van der Waals surface area contributed by atoms with E-state index < -0.39 is 0 Å². The third-order valence-electron chi connectivity index (χ3n) is 3.17. The Morgan fingerprint density at radius 3 is 2.75 bits per heavy atom. The van der Waals surface area contributed by atoms with E-state index in [2.05, 4.69) is 24.8 Å². The van der Waals surface area contributed by atoms with Crippen molar-refractivity contribution in [2.75, 3.05) is 6.54 Å². The molecular weight excluding hydrogens is 148 g/mol. The molecule has 1 rings (SSSR count). The highest BCUT2D eigenvalue weighted by molar-refractivity contribution is 4.95. The van der Waals surface area contributed by atoms with Crippen molar-refractivity contribution in [2.24, 2.45) is 5.92 Å². The summed E-state index contributed by atoms with van der Waals surface area (Å²) in [5.74, 6) is 0.806. The average Bonchev–Trinajstić information content (AvgIpc) is 2.45. The summed E-state index contributed by atoms with van der Waals surface area (Å²) in [6, 6.07) is 3.00. The van der Waals surface area contributed by atoms with Crippen LogP contribution >= 0.6 is 0 Å². The number of hydrogen-bond donors (Lipinski definition) is 0. The lowest BCUT2D eigenvalue weighted by molar-refractivity contribution is 0.215. The number of rotatable bonds is 2. The Morgan fingerprint density at radius 1 is 1.67 bits per heavy atom. The molecule has 0 bridgehead atoms. The molecule has 3 atom stereocenters. The monoisotopic (exact) mass is 166 g/mol. The van der Waals surface area contributed by atoms with Crippen molar-refractivity contribution in [3.8, 4) is 6.07 Å². The van der Waals surface area contributed by atoms with E-state index in [4.69, 9.17) is 5.26 Å². The second kappa shape index (κ2) is 3.91. The molecule has 12 heavy (non-hydrogen) atoms. The number of nitriles is 1. The molecule has 1 saturated heterocycles. The molecule has 1 aliphatic rings. The Morgan fingerprint density at radius 2 is 2.33 bits per heavy atom. The van der Waals surface area contributed by atoms with Crippen molar-refractivity contribution >= 4 is 0 Å². The van der Waals surface area contributed by atoms with Crippen LogP contribution in [0.1, 0.15) is 33.6 Å². The molecule has 2 heteroatoms. The van der Waals surface area contributed by atoms with Crippen molar-refractivity contribution in [3.05, 3.63) is 0 Å². The summed E-state index contributed by atoms with van der Waals surface area (Å²) in [7, 11) is 0. The van der Waals surface area contributed by atoms with Crippen LogP contribution in [0.25, 0.3) is 0 Å². The molecule has 1 aliphatic heterocycles. The van der Waals surface area contributed by atoms with Crippen LogP contribution in [0.5, 0.6) is 0 Å². The van der Waals surface area contributed by atoms with Crippen molar-refractivity contribution in [2.45, 2.75) is 45.7 Å². The molecule has 0 saturated carbocycles. The van der Waals surface area contributed by atoms with Crippen LogP contribution in [-0.2, 0) is 0 Å². The topological polar surface area (TPSA) is 27.0 Å². The van der Waals surface area contributed by atoms with Gasteiger partial charge in [-0.2, -0.15) is 5.26 Å². The highest BCUT2D eigenvalue weighted by Crippen LogP contribution is 2.27. The van der Waals surface area contributed by atoms with E-state index in [-0.39, 0.29) is 6.04 Å². The largest absolute Gasteiger partial charge is 0.285 e. The summed E-state index contributed by atoms with van der Waals surface area (Å²) in [5, 5.41) is 8.78. The first-order valence-electron chi connectivity index (χ1n) is 4.86. The predicted octanol–water partition coefficient (Wildman–Crippen LogP) is 2.02. The normalized spacial score (nSPS) is 33.2. The van der Waals surface area contributed by atoms with Crippen LogP contribution in [0.15, 0.2) is 0 Å². The van der Waals surface area contributed by atoms with Crippen LogP contribution in [0.4, 0.5) is 0 Å². The van der Waals surface area contributed by atoms with Gasteiger partial charge in [-0.05, 0) is 26.2 Å². The molecule has 2 nitrogen and oxygen atoms in total. The molecule has 0 radical (unpaired) electrons. The van der Waals surface area contributed by atoms with Gasteiger partial charge in [-0.1, -0.05) is 13.3 Å². The summed E-state index contributed by atoms with van der Waals surface area (Å²) in [6.45, 7) is 7.58. The smallest absolute Gasteiger partial charge is 0.0951 e. The molecule has 0 aliphatic carbocycles. The summed E-state index contributed by atoms with van der Waals surface area (Å²) < 4.78 is 0. The Balaban J connectivity index is 2.55. The van der Waals surface area contributed by atoms with E-state index in [1.54, 1.807) is 0 Å². The number of nitrogens with zero attached hydrogens (tertiary/aromatic N) is 2. The lowest BCUT2D eigenvalue weighted by atomic mass is 9.99. The minimum Gasteiger partial charge on any atom is -0.285 e. The zero-order valence-electron chi connectivity index (χ0n) is 8.25. The van der Waals surface area contributed by atoms with Gasteiger partial charge in [0.05, 0.1) is 12.1 Å². The fourth-order valence-electron chi connectivity index (χ4n) is 2.20. The van der Waals surface area contributed by atoms with Gasteiger partial charge in [-0.3, -0.25) is 4.90 Å². The standard InChI is InChI=1S/C10H18N2/c1-4-10-5-6-12(9(10)3)8(2)7-11/h8-10H,4-6H2,1-3H3. The lowest BCUT2D eigenvalue weighted by Crippen LogP contribution is -2.36. The summed E-state index contributed by atoms with van der Waals surface area (Å²) in [5.41, 5.74) is 0. The second-order valence-corrected chi connectivity index (χ2v) is 3.74. The van der Waals surface area contributed by atoms with E-state index in [9.17, 15) is 0 Å². The molecule has 0 aromatic rings. The fourth-order valence-corrected chi connectivity index (χ4v) is 2.20. The van der Waals surface area contributed by atoms with Gasteiger partial charge < -0.3 is 0 Å². The average molecular weight is 166 g/mol. The Labute approximate surface area is 75.2 Å². The molecule has 1 fully saturated rings. The van der Waals surface area contributed by atoms with Crippen LogP contribution < -0.4 is 0 Å². The zero-order valence-corrected chi connectivity index (χ0v) is 8.25. The first-order chi connectivity index (χ1) is 5.70. The van der Waals surface area contributed by atoms with Crippen LogP contribution in [0, 0.1) is 17.2 Å². The van der Waals surface area contributed by atoms with Crippen molar-refractivity contribution < 1.29 is 0 Å². The van der Waals surface area contributed by atoms with Gasteiger partial charge in [0.25, 0.3) is 0 Å². The molecule has 0 aromatic carbocycles. The van der Waals surface area contributed by atoms with Gasteiger partial charge in [0.2, 0.25) is 0 Å². The van der Waals surface area contributed by atoms with Gasteiger partial charge in [0, 0.05) is 12.6 Å². The summed E-state index contributed by atoms with van der Waals surface area (Å²) in [4.78, 5) is 2.31. The minimum atomic E-state index is 0.0940. The predicted molar refractivity (Wildman–Crippen MR) is 49.6 cm³/mol. The molecule has 1 heterocycles. The minimum absolute atomic E-state index is 0.0940. The molecular formula is C10H18N2. The van der Waals surface area contributed by atoms with Gasteiger partial charge in [-0.25, -0.2) is 0 Å². The van der Waals surface area contributed by atoms with Crippen molar-refractivity contribution in [1.29, 1.82) is 5.26 Å². The summed E-state index contributed by atoms with van der Waals surface area (Å²) >= 11 is 0. The van der Waals surface area contributed by atoms with Crippen LogP contribution in [-0.4, -0.2) is 23.5 Å². The van der Waals surface area contributed by atoms with Crippen molar-refractivity contribution in [3.63, 3.8) is 0 Å². The van der Waals surface area contributed by atoms with Crippen LogP contribution in [0.2, 0.25) is 0 Å². The quantitative estimate of drug-likeness (QED) is 0.627. The van der Waals surface area contributed by atoms with Gasteiger partial charge in [0.15, 0.2) is 0 Å². The fraction of sp³-hybridized carbons (Fsp3) is 0.900. The molecule has 0 N–H and O–H groups in total. The molecule has 0 spiro atoms. The van der Waals surface area contributed by atoms with E-state index >= 15 is 0 Å². The van der Waals surface area contributed by atoms with Gasteiger partial charge >= 0.3 is 0 Å². The molecule has 0 amide bonds. The number of hydrogen-bond acceptors (Lipinski definition) is 2. The van der Waals surface area contributed by atoms with Gasteiger partial charge in [-0.15, -0.1) is 0 Å². The van der Waals surface area contributed by atoms with E-state index in [0.717, 1.165) is 12.5 Å². The SMILES string of the molecule is CCC1CCN(C(C)C#N)C1C. The van der Waals surface area contributed by atoms with Crippen molar-refractivity contribution in [1.82, 2.24) is 4.90 Å². The van der Waals surface area contributed by atoms with E-state index in [1.807, 2.05) is 6.92 Å². The Kier molecular flexibility index (Phi) is 3.11. The second-order valence-electron chi connectivity index (χ2n) is 3.74. The highest BCUT2D eigenvalue weighted by Gasteiger charge is 2.31. The Bertz CT molecular complexity index is 183. The van der Waals surface area contributed by atoms with E-state index in [1.165, 1.54) is 12.8 Å². The van der Waals surface area contributed by atoms with Crippen LogP contribution in [0.3, 0.4) is 0 Å². The highest BCUT2D eigenvalue weighted by atomic mass is 15.2. The Hall–Kier alpha value is -0.550. The van der Waals surface area contributed by atoms with Gasteiger partial charge in [0.1, 0.15) is 0 Å². The van der Waals surface area contributed by atoms with E-state index in [0.29, 0.717) is 6.04 Å². The number of likely N-dealkylation sites (tertiary alicyclic amines) is 1. The maximum Gasteiger partial charge on any atom is 0.0951 e. The lowest BCUT2D eigenvalue weighted by Gasteiger charge is -2.25. The third-order valence-corrected chi connectivity index (χ3v) is 3.17. The maximum atomic E-state index is 8.78. The summed E-state index contributed by atoms with van der Waals surface area (Å²) in [6.07, 6.45) is 2.51.